The van der Waals surface area contributed by atoms with Crippen LogP contribution in [0.4, 0.5) is 11.4 Å². The van der Waals surface area contributed by atoms with E-state index >= 15 is 0 Å². The van der Waals surface area contributed by atoms with Crippen LogP contribution in [0.15, 0.2) is 84.9 Å². The number of ether oxygens (including phenoxy) is 1. The van der Waals surface area contributed by atoms with E-state index in [4.69, 9.17) is 9.57 Å². The number of hydroxylamine groups is 1. The van der Waals surface area contributed by atoms with E-state index in [1.165, 1.54) is 4.90 Å². The number of hydrogen-bond acceptors (Lipinski definition) is 5. The lowest BCUT2D eigenvalue weighted by Gasteiger charge is -2.29. The highest BCUT2D eigenvalue weighted by Crippen LogP contribution is 2.49. The third kappa shape index (κ3) is 2.76. The van der Waals surface area contributed by atoms with Crippen LogP contribution in [0.3, 0.4) is 0 Å². The minimum absolute atomic E-state index is 0.273. The van der Waals surface area contributed by atoms with Gasteiger partial charge in [0.05, 0.1) is 24.5 Å². The van der Waals surface area contributed by atoms with Crippen molar-refractivity contribution in [3.63, 3.8) is 0 Å². The summed E-state index contributed by atoms with van der Waals surface area (Å²) in [6, 6.07) is 25.5. The molecule has 5 rings (SSSR count). The first-order valence-electron chi connectivity index (χ1n) is 9.77. The van der Waals surface area contributed by atoms with Crippen LogP contribution < -0.4 is 14.7 Å². The monoisotopic (exact) mass is 400 g/mol. The molecule has 2 fully saturated rings. The summed E-state index contributed by atoms with van der Waals surface area (Å²) in [6.07, 6.45) is -0.896. The maximum atomic E-state index is 13.5. The number of nitrogens with zero attached hydrogens (tertiary/aromatic N) is 2. The molecule has 2 amide bonds. The normalized spacial score (nSPS) is 23.0. The number of anilines is 2. The Morgan fingerprint density at radius 3 is 2.03 bits per heavy atom. The fraction of sp³-hybridized carbons (Fsp3) is 0.167. The number of carbonyl (C=O) groups is 2. The highest BCUT2D eigenvalue weighted by molar-refractivity contribution is 6.23. The molecule has 150 valence electrons. The Morgan fingerprint density at radius 2 is 1.37 bits per heavy atom. The Labute approximate surface area is 174 Å². The molecule has 2 aliphatic heterocycles. The Balaban J connectivity index is 1.62. The van der Waals surface area contributed by atoms with Crippen molar-refractivity contribution in [3.05, 3.63) is 90.5 Å². The van der Waals surface area contributed by atoms with E-state index in [1.807, 2.05) is 60.7 Å². The molecule has 0 saturated carbocycles. The minimum atomic E-state index is -0.896. The van der Waals surface area contributed by atoms with Crippen LogP contribution in [0.1, 0.15) is 11.6 Å². The zero-order valence-corrected chi connectivity index (χ0v) is 16.3. The molecule has 0 aromatic heterocycles. The third-order valence-electron chi connectivity index (χ3n) is 5.60. The molecule has 3 atom stereocenters. The molecule has 0 spiro atoms. The van der Waals surface area contributed by atoms with E-state index in [0.29, 0.717) is 11.4 Å². The quantitative estimate of drug-likeness (QED) is 0.625. The lowest BCUT2D eigenvalue weighted by molar-refractivity contribution is -0.126. The molecule has 2 aliphatic rings. The molecule has 2 saturated heterocycles. The fourth-order valence-electron chi connectivity index (χ4n) is 4.27. The van der Waals surface area contributed by atoms with Crippen LogP contribution in [0, 0.1) is 5.92 Å². The van der Waals surface area contributed by atoms with Crippen molar-refractivity contribution in [3.8, 4) is 5.75 Å². The number of fused-ring (bicyclic) bond motifs is 1. The zero-order valence-electron chi connectivity index (χ0n) is 16.3. The molecule has 0 N–H and O–H groups in total. The summed E-state index contributed by atoms with van der Waals surface area (Å²) in [7, 11) is 1.59. The average Bonchev–Trinajstić information content (AvgIpc) is 3.31. The molecule has 0 unspecified atom stereocenters. The van der Waals surface area contributed by atoms with Crippen molar-refractivity contribution in [1.82, 2.24) is 0 Å². The summed E-state index contributed by atoms with van der Waals surface area (Å²) in [5.74, 6) is -0.666. The van der Waals surface area contributed by atoms with Crippen molar-refractivity contribution >= 4 is 23.2 Å². The predicted molar refractivity (Wildman–Crippen MR) is 112 cm³/mol. The van der Waals surface area contributed by atoms with Crippen molar-refractivity contribution in [2.75, 3.05) is 17.1 Å². The van der Waals surface area contributed by atoms with E-state index in [2.05, 4.69) is 0 Å². The smallest absolute Gasteiger partial charge is 0.266 e. The van der Waals surface area contributed by atoms with Gasteiger partial charge in [-0.2, -0.15) is 0 Å². The second-order valence-electron chi connectivity index (χ2n) is 7.25. The first-order chi connectivity index (χ1) is 14.7. The summed E-state index contributed by atoms with van der Waals surface area (Å²) in [5, 5.41) is 1.67. The van der Waals surface area contributed by atoms with Gasteiger partial charge in [-0.15, -0.1) is 0 Å². The van der Waals surface area contributed by atoms with Gasteiger partial charge in [-0.3, -0.25) is 14.4 Å². The van der Waals surface area contributed by atoms with Crippen LogP contribution in [0.2, 0.25) is 0 Å². The van der Waals surface area contributed by atoms with Crippen molar-refractivity contribution in [2.24, 2.45) is 5.92 Å². The maximum Gasteiger partial charge on any atom is 0.266 e. The summed E-state index contributed by atoms with van der Waals surface area (Å²) in [6.45, 7) is 0. The number of methoxy groups -OCH3 is 1. The van der Waals surface area contributed by atoms with Crippen LogP contribution >= 0.6 is 0 Å². The third-order valence-corrected chi connectivity index (χ3v) is 5.60. The number of hydrogen-bond donors (Lipinski definition) is 0. The number of para-hydroxylation sites is 3. The van der Waals surface area contributed by atoms with E-state index in [1.54, 1.807) is 36.4 Å². The van der Waals surface area contributed by atoms with Gasteiger partial charge >= 0.3 is 0 Å². The van der Waals surface area contributed by atoms with E-state index in [0.717, 1.165) is 11.3 Å². The summed E-state index contributed by atoms with van der Waals surface area (Å²) >= 11 is 0. The lowest BCUT2D eigenvalue weighted by atomic mass is 9.90. The van der Waals surface area contributed by atoms with Gasteiger partial charge in [0.15, 0.2) is 6.10 Å². The largest absolute Gasteiger partial charge is 0.496 e. The first-order valence-corrected chi connectivity index (χ1v) is 9.77. The topological polar surface area (TPSA) is 59.1 Å². The molecule has 0 bridgehead atoms. The number of rotatable bonds is 4. The van der Waals surface area contributed by atoms with Gasteiger partial charge in [0.2, 0.25) is 5.91 Å². The molecule has 30 heavy (non-hydrogen) atoms. The minimum Gasteiger partial charge on any atom is -0.496 e. The van der Waals surface area contributed by atoms with E-state index in [9.17, 15) is 9.59 Å². The van der Waals surface area contributed by atoms with Gasteiger partial charge in [-0.1, -0.05) is 54.6 Å². The summed E-state index contributed by atoms with van der Waals surface area (Å²) in [4.78, 5) is 34.1. The van der Waals surface area contributed by atoms with Gasteiger partial charge in [0, 0.05) is 5.56 Å². The Bertz CT molecular complexity index is 1090. The number of carbonyl (C=O) groups excluding carboxylic acids is 2. The van der Waals surface area contributed by atoms with Crippen molar-refractivity contribution in [1.29, 1.82) is 0 Å². The Kier molecular flexibility index (Phi) is 4.48. The molecule has 2 heterocycles. The zero-order chi connectivity index (χ0) is 20.7. The number of benzene rings is 3. The highest BCUT2D eigenvalue weighted by atomic mass is 16.7. The highest BCUT2D eigenvalue weighted by Gasteiger charge is 2.60. The standard InChI is InChI=1S/C24H20N2O4/c1-29-19-15-9-8-14-18(19)21-20-22(30-26(21)17-12-6-3-7-13-17)24(28)25(23(20)27)16-10-4-2-5-11-16/h2-15,20-22H,1H3/t20-,21+,22+/m0/s1. The van der Waals surface area contributed by atoms with Crippen LogP contribution in [0.25, 0.3) is 0 Å². The predicted octanol–water partition coefficient (Wildman–Crippen LogP) is 3.75. The molecule has 0 radical (unpaired) electrons. The molecule has 6 heteroatoms. The van der Waals surface area contributed by atoms with Crippen LogP contribution in [0.5, 0.6) is 5.75 Å². The van der Waals surface area contributed by atoms with E-state index < -0.39 is 18.1 Å². The SMILES string of the molecule is COc1ccccc1[C@@H]1[C@@H]2C(=O)N(c3ccccc3)C(=O)[C@@H]2ON1c1ccccc1. The molecule has 3 aromatic carbocycles. The van der Waals surface area contributed by atoms with Gasteiger partial charge in [0.25, 0.3) is 5.91 Å². The first kappa shape index (κ1) is 18.4. The Hall–Kier alpha value is -3.64. The molecule has 0 aliphatic carbocycles. The number of imide groups is 1. The summed E-state index contributed by atoms with van der Waals surface area (Å²) < 4.78 is 5.57. The molecule has 6 nitrogen and oxygen atoms in total. The fourth-order valence-corrected chi connectivity index (χ4v) is 4.27. The summed E-state index contributed by atoms with van der Waals surface area (Å²) in [5.41, 5.74) is 2.12. The molecular weight excluding hydrogens is 380 g/mol. The number of amides is 2. The molecule has 3 aromatic rings. The van der Waals surface area contributed by atoms with Gasteiger partial charge in [-0.05, 0) is 30.3 Å². The van der Waals surface area contributed by atoms with E-state index in [-0.39, 0.29) is 11.8 Å². The lowest BCUT2D eigenvalue weighted by Crippen LogP contribution is -2.37. The second kappa shape index (κ2) is 7.31. The second-order valence-corrected chi connectivity index (χ2v) is 7.25. The Morgan fingerprint density at radius 1 is 0.767 bits per heavy atom. The van der Waals surface area contributed by atoms with Crippen molar-refractivity contribution < 1.29 is 19.2 Å². The maximum absolute atomic E-state index is 13.5. The average molecular weight is 400 g/mol. The van der Waals surface area contributed by atoms with Crippen LogP contribution in [-0.4, -0.2) is 25.0 Å². The van der Waals surface area contributed by atoms with Gasteiger partial charge in [-0.25, -0.2) is 9.96 Å². The molecular formula is C24H20N2O4. The van der Waals surface area contributed by atoms with Crippen LogP contribution in [-0.2, 0) is 14.4 Å². The van der Waals surface area contributed by atoms with Crippen molar-refractivity contribution in [2.45, 2.75) is 12.1 Å². The van der Waals surface area contributed by atoms with Gasteiger partial charge in [0.1, 0.15) is 11.7 Å². The van der Waals surface area contributed by atoms with Gasteiger partial charge < -0.3 is 4.74 Å².